The molecular formula is C18H19ClN2O4. The number of hydrogen-bond acceptors (Lipinski definition) is 5. The number of amides is 2. The van der Waals surface area contributed by atoms with Crippen molar-refractivity contribution in [2.45, 2.75) is 19.8 Å². The van der Waals surface area contributed by atoms with Gasteiger partial charge in [0.1, 0.15) is 0 Å². The summed E-state index contributed by atoms with van der Waals surface area (Å²) in [5.74, 6) is -1.38. The molecule has 1 fully saturated rings. The average molecular weight is 363 g/mol. The second kappa shape index (κ2) is 7.27. The summed E-state index contributed by atoms with van der Waals surface area (Å²) in [5, 5.41) is 3.69. The summed E-state index contributed by atoms with van der Waals surface area (Å²) in [5.41, 5.74) is 1.16. The van der Waals surface area contributed by atoms with E-state index in [1.807, 2.05) is 6.08 Å². The van der Waals surface area contributed by atoms with E-state index in [4.69, 9.17) is 16.3 Å². The molecule has 2 amide bonds. The zero-order valence-electron chi connectivity index (χ0n) is 13.8. The number of nitrogens with zero attached hydrogens (tertiary/aromatic N) is 1. The Balaban J connectivity index is 1.61. The van der Waals surface area contributed by atoms with Gasteiger partial charge in [-0.1, -0.05) is 17.7 Å². The number of imide groups is 1. The van der Waals surface area contributed by atoms with Crippen molar-refractivity contribution in [2.75, 3.05) is 18.6 Å². The van der Waals surface area contributed by atoms with Crippen LogP contribution in [0.1, 0.15) is 30.1 Å². The van der Waals surface area contributed by atoms with Crippen LogP contribution in [0.25, 0.3) is 0 Å². The Labute approximate surface area is 150 Å². The van der Waals surface area contributed by atoms with Crippen molar-refractivity contribution in [1.29, 1.82) is 0 Å². The maximum absolute atomic E-state index is 12.5. The molecule has 0 unspecified atom stereocenters. The molecule has 7 heteroatoms. The van der Waals surface area contributed by atoms with Crippen LogP contribution >= 0.6 is 11.6 Å². The first-order chi connectivity index (χ1) is 12.0. The predicted molar refractivity (Wildman–Crippen MR) is 92.9 cm³/mol. The number of ether oxygens (including phenoxy) is 1. The second-order valence-corrected chi connectivity index (χ2v) is 6.53. The number of rotatable bonds is 5. The van der Waals surface area contributed by atoms with Gasteiger partial charge < -0.3 is 10.1 Å². The van der Waals surface area contributed by atoms with Crippen molar-refractivity contribution in [3.8, 4) is 0 Å². The van der Waals surface area contributed by atoms with Gasteiger partial charge in [0, 0.05) is 10.7 Å². The van der Waals surface area contributed by atoms with Crippen molar-refractivity contribution < 1.29 is 19.1 Å². The summed E-state index contributed by atoms with van der Waals surface area (Å²) in [7, 11) is 0. The van der Waals surface area contributed by atoms with Gasteiger partial charge in [0.05, 0.1) is 30.7 Å². The van der Waals surface area contributed by atoms with Crippen LogP contribution in [0.2, 0.25) is 0 Å². The van der Waals surface area contributed by atoms with E-state index in [1.54, 1.807) is 31.2 Å². The molecule has 1 saturated heterocycles. The maximum atomic E-state index is 12.5. The fourth-order valence-corrected chi connectivity index (χ4v) is 3.42. The molecule has 1 aromatic rings. The lowest BCUT2D eigenvalue weighted by molar-refractivity contribution is -0.139. The third kappa shape index (κ3) is 3.54. The summed E-state index contributed by atoms with van der Waals surface area (Å²) in [6.07, 6.45) is 2.76. The quantitative estimate of drug-likeness (QED) is 0.644. The molecular weight excluding hydrogens is 344 g/mol. The number of carbonyl (C=O) groups excluding carboxylic acids is 3. The van der Waals surface area contributed by atoms with Crippen LogP contribution in [-0.4, -0.2) is 36.0 Å². The lowest BCUT2D eigenvalue weighted by Gasteiger charge is -2.17. The highest BCUT2D eigenvalue weighted by atomic mass is 35.5. The topological polar surface area (TPSA) is 75.7 Å². The number of anilines is 1. The predicted octanol–water partition coefficient (Wildman–Crippen LogP) is 2.75. The number of carbonyl (C=O) groups is 3. The molecule has 3 rings (SSSR count). The number of hydrogen-bond donors (Lipinski definition) is 1. The van der Waals surface area contributed by atoms with E-state index in [0.29, 0.717) is 35.7 Å². The van der Waals surface area contributed by atoms with E-state index in [0.717, 1.165) is 0 Å². The molecule has 132 valence electrons. The largest absolute Gasteiger partial charge is 0.462 e. The third-order valence-corrected chi connectivity index (χ3v) is 4.81. The zero-order chi connectivity index (χ0) is 18.0. The first-order valence-electron chi connectivity index (χ1n) is 8.22. The van der Waals surface area contributed by atoms with Gasteiger partial charge in [-0.05, 0) is 44.0 Å². The monoisotopic (exact) mass is 362 g/mol. The standard InChI is InChI=1S/C18H19ClN2O4/c1-2-25-18(24)11-3-6-13(7-4-11)20-10-21-16(22)14-8-5-12(19)9-15(14)17(21)23/h3-7,14-15,20H,2,8-10H2,1H3/t14-,15-/m1/s1. The Morgan fingerprint density at radius 1 is 1.24 bits per heavy atom. The molecule has 1 heterocycles. The molecule has 1 aliphatic heterocycles. The van der Waals surface area contributed by atoms with E-state index in [1.165, 1.54) is 4.90 Å². The molecule has 0 saturated carbocycles. The fourth-order valence-electron chi connectivity index (χ4n) is 3.16. The average Bonchev–Trinajstić information content (AvgIpc) is 2.84. The van der Waals surface area contributed by atoms with Crippen LogP contribution in [0.5, 0.6) is 0 Å². The minimum atomic E-state index is -0.382. The van der Waals surface area contributed by atoms with Gasteiger partial charge >= 0.3 is 5.97 Å². The van der Waals surface area contributed by atoms with Crippen LogP contribution in [0.15, 0.2) is 35.4 Å². The smallest absolute Gasteiger partial charge is 0.338 e. The normalized spacial score (nSPS) is 22.5. The highest BCUT2D eigenvalue weighted by Crippen LogP contribution is 2.38. The van der Waals surface area contributed by atoms with Gasteiger partial charge in [-0.15, -0.1) is 0 Å². The Bertz CT molecular complexity index is 729. The second-order valence-electron chi connectivity index (χ2n) is 6.04. The van der Waals surface area contributed by atoms with Crippen LogP contribution in [0.4, 0.5) is 5.69 Å². The minimum Gasteiger partial charge on any atom is -0.462 e. The van der Waals surface area contributed by atoms with Crippen LogP contribution in [-0.2, 0) is 14.3 Å². The number of halogens is 1. The third-order valence-electron chi connectivity index (χ3n) is 4.50. The van der Waals surface area contributed by atoms with Gasteiger partial charge in [-0.25, -0.2) is 4.79 Å². The fraction of sp³-hybridized carbons (Fsp3) is 0.389. The Kier molecular flexibility index (Phi) is 5.08. The molecule has 0 radical (unpaired) electrons. The first-order valence-corrected chi connectivity index (χ1v) is 8.60. The van der Waals surface area contributed by atoms with Gasteiger partial charge in [0.15, 0.2) is 0 Å². The van der Waals surface area contributed by atoms with Gasteiger partial charge in [0.2, 0.25) is 11.8 Å². The number of likely N-dealkylation sites (tertiary alicyclic amines) is 1. The van der Waals surface area contributed by atoms with Crippen molar-refractivity contribution in [2.24, 2.45) is 11.8 Å². The Hall–Kier alpha value is -2.34. The molecule has 1 aromatic carbocycles. The molecule has 0 spiro atoms. The number of fused-ring (bicyclic) bond motifs is 1. The van der Waals surface area contributed by atoms with Crippen molar-refractivity contribution in [3.63, 3.8) is 0 Å². The summed E-state index contributed by atoms with van der Waals surface area (Å²) in [4.78, 5) is 37.7. The number of nitrogens with one attached hydrogen (secondary N) is 1. The summed E-state index contributed by atoms with van der Waals surface area (Å²) in [6, 6.07) is 6.69. The maximum Gasteiger partial charge on any atom is 0.338 e. The summed E-state index contributed by atoms with van der Waals surface area (Å²) < 4.78 is 4.93. The van der Waals surface area contributed by atoms with Gasteiger partial charge in [0.25, 0.3) is 0 Å². The summed E-state index contributed by atoms with van der Waals surface area (Å²) >= 11 is 6.01. The van der Waals surface area contributed by atoms with E-state index in [9.17, 15) is 14.4 Å². The zero-order valence-corrected chi connectivity index (χ0v) is 14.6. The molecule has 2 atom stereocenters. The van der Waals surface area contributed by atoms with Crippen LogP contribution in [0.3, 0.4) is 0 Å². The molecule has 1 aliphatic carbocycles. The highest BCUT2D eigenvalue weighted by molar-refractivity contribution is 6.30. The van der Waals surface area contributed by atoms with E-state index in [-0.39, 0.29) is 36.3 Å². The van der Waals surface area contributed by atoms with E-state index in [2.05, 4.69) is 5.32 Å². The lowest BCUT2D eigenvalue weighted by atomic mass is 9.85. The van der Waals surface area contributed by atoms with Crippen LogP contribution < -0.4 is 5.32 Å². The number of esters is 1. The van der Waals surface area contributed by atoms with Crippen molar-refractivity contribution in [3.05, 3.63) is 40.9 Å². The molecule has 0 aromatic heterocycles. The first kappa shape index (κ1) is 17.5. The Morgan fingerprint density at radius 3 is 2.60 bits per heavy atom. The minimum absolute atomic E-state index is 0.0983. The SMILES string of the molecule is CCOC(=O)c1ccc(NCN2C(=O)[C@@H]3CC=C(Cl)C[C@H]3C2=O)cc1. The van der Waals surface area contributed by atoms with E-state index >= 15 is 0 Å². The highest BCUT2D eigenvalue weighted by Gasteiger charge is 2.48. The Morgan fingerprint density at radius 2 is 1.92 bits per heavy atom. The number of benzene rings is 1. The number of allylic oxidation sites excluding steroid dienone is 2. The summed E-state index contributed by atoms with van der Waals surface area (Å²) in [6.45, 7) is 2.17. The molecule has 25 heavy (non-hydrogen) atoms. The van der Waals surface area contributed by atoms with Gasteiger partial charge in [-0.2, -0.15) is 0 Å². The molecule has 1 N–H and O–H groups in total. The van der Waals surface area contributed by atoms with Gasteiger partial charge in [-0.3, -0.25) is 14.5 Å². The lowest BCUT2D eigenvalue weighted by Crippen LogP contribution is -2.35. The molecule has 2 aliphatic rings. The van der Waals surface area contributed by atoms with Crippen LogP contribution in [0, 0.1) is 11.8 Å². The molecule has 0 bridgehead atoms. The van der Waals surface area contributed by atoms with Crippen molar-refractivity contribution in [1.82, 2.24) is 4.90 Å². The van der Waals surface area contributed by atoms with Crippen molar-refractivity contribution >= 4 is 35.1 Å². The molecule has 6 nitrogen and oxygen atoms in total. The van der Waals surface area contributed by atoms with E-state index < -0.39 is 0 Å².